The first kappa shape index (κ1) is 17.5. The Morgan fingerprint density at radius 1 is 1.04 bits per heavy atom. The number of ether oxygens (including phenoxy) is 2. The number of benzene rings is 2. The van der Waals surface area contributed by atoms with Crippen molar-refractivity contribution in [1.29, 1.82) is 0 Å². The van der Waals surface area contributed by atoms with Crippen molar-refractivity contribution < 1.29 is 9.47 Å². The molecule has 3 rings (SSSR count). The second-order valence-electron chi connectivity index (χ2n) is 6.55. The van der Waals surface area contributed by atoms with Crippen LogP contribution in [0.15, 0.2) is 48.5 Å². The zero-order valence-electron chi connectivity index (χ0n) is 14.6. The van der Waals surface area contributed by atoms with Gasteiger partial charge < -0.3 is 20.1 Å². The monoisotopic (exact) mass is 356 g/mol. The van der Waals surface area contributed by atoms with Gasteiger partial charge in [0.25, 0.3) is 0 Å². The lowest BCUT2D eigenvalue weighted by Crippen LogP contribution is -2.33. The highest BCUT2D eigenvalue weighted by Gasteiger charge is 2.16. The summed E-state index contributed by atoms with van der Waals surface area (Å²) in [6.07, 6.45) is 1.01. The van der Waals surface area contributed by atoms with Gasteiger partial charge in [-0.1, -0.05) is 44.2 Å². The first-order chi connectivity index (χ1) is 12.1. The van der Waals surface area contributed by atoms with Crippen LogP contribution in [0.3, 0.4) is 0 Å². The van der Waals surface area contributed by atoms with Crippen molar-refractivity contribution in [3.05, 3.63) is 54.1 Å². The summed E-state index contributed by atoms with van der Waals surface area (Å²) in [5, 5.41) is 7.29. The maximum absolute atomic E-state index is 5.62. The molecular weight excluding hydrogens is 332 g/mol. The van der Waals surface area contributed by atoms with Gasteiger partial charge in [-0.25, -0.2) is 0 Å². The molecule has 2 aromatic rings. The van der Waals surface area contributed by atoms with E-state index < -0.39 is 0 Å². The molecule has 2 aromatic carbocycles. The average molecular weight is 356 g/mol. The molecule has 0 saturated heterocycles. The van der Waals surface area contributed by atoms with Gasteiger partial charge in [0, 0.05) is 11.8 Å². The molecule has 0 aliphatic carbocycles. The molecule has 0 saturated carbocycles. The van der Waals surface area contributed by atoms with Crippen molar-refractivity contribution in [1.82, 2.24) is 5.32 Å². The maximum Gasteiger partial charge on any atom is 0.171 e. The van der Waals surface area contributed by atoms with Gasteiger partial charge in [-0.15, -0.1) is 0 Å². The van der Waals surface area contributed by atoms with Crippen LogP contribution in [0.25, 0.3) is 0 Å². The summed E-state index contributed by atoms with van der Waals surface area (Å²) in [5.74, 6) is 2.09. The van der Waals surface area contributed by atoms with Gasteiger partial charge in [-0.3, -0.25) is 0 Å². The van der Waals surface area contributed by atoms with E-state index in [-0.39, 0.29) is 6.04 Å². The van der Waals surface area contributed by atoms with Crippen LogP contribution < -0.4 is 20.1 Å². The largest absolute Gasteiger partial charge is 0.486 e. The molecule has 5 heteroatoms. The van der Waals surface area contributed by atoms with Gasteiger partial charge in [0.1, 0.15) is 13.2 Å². The molecule has 0 amide bonds. The van der Waals surface area contributed by atoms with Crippen LogP contribution in [0, 0.1) is 5.92 Å². The van der Waals surface area contributed by atoms with Crippen LogP contribution in [0.2, 0.25) is 0 Å². The molecule has 1 aliphatic heterocycles. The topological polar surface area (TPSA) is 42.5 Å². The summed E-state index contributed by atoms with van der Waals surface area (Å²) in [7, 11) is 0. The first-order valence-corrected chi connectivity index (χ1v) is 9.05. The van der Waals surface area contributed by atoms with Crippen LogP contribution in [-0.4, -0.2) is 18.3 Å². The van der Waals surface area contributed by atoms with E-state index in [0.717, 1.165) is 23.6 Å². The lowest BCUT2D eigenvalue weighted by Gasteiger charge is -2.24. The molecular formula is C20H24N2O2S. The molecule has 2 N–H and O–H groups in total. The third-order valence-electron chi connectivity index (χ3n) is 4.01. The predicted octanol–water partition coefficient (Wildman–Crippen LogP) is 4.53. The van der Waals surface area contributed by atoms with E-state index in [1.807, 2.05) is 24.3 Å². The van der Waals surface area contributed by atoms with E-state index in [1.165, 1.54) is 5.56 Å². The number of nitrogens with one attached hydrogen (secondary N) is 2. The fourth-order valence-electron chi connectivity index (χ4n) is 2.88. The van der Waals surface area contributed by atoms with Gasteiger partial charge in [0.2, 0.25) is 0 Å². The molecule has 0 fully saturated rings. The third-order valence-corrected chi connectivity index (χ3v) is 4.23. The van der Waals surface area contributed by atoms with Crippen molar-refractivity contribution >= 4 is 23.0 Å². The van der Waals surface area contributed by atoms with E-state index in [0.29, 0.717) is 24.2 Å². The van der Waals surface area contributed by atoms with Crippen molar-refractivity contribution in [3.63, 3.8) is 0 Å². The summed E-state index contributed by atoms with van der Waals surface area (Å²) in [4.78, 5) is 0. The summed E-state index contributed by atoms with van der Waals surface area (Å²) >= 11 is 5.53. The minimum Gasteiger partial charge on any atom is -0.486 e. The highest BCUT2D eigenvalue weighted by molar-refractivity contribution is 7.80. The highest BCUT2D eigenvalue weighted by Crippen LogP contribution is 2.32. The molecule has 0 radical (unpaired) electrons. The Hall–Kier alpha value is -2.27. The van der Waals surface area contributed by atoms with Crippen LogP contribution in [-0.2, 0) is 0 Å². The van der Waals surface area contributed by atoms with E-state index in [4.69, 9.17) is 21.7 Å². The van der Waals surface area contributed by atoms with Gasteiger partial charge in [-0.2, -0.15) is 0 Å². The van der Waals surface area contributed by atoms with Crippen molar-refractivity contribution in [2.45, 2.75) is 26.3 Å². The Kier molecular flexibility index (Phi) is 5.76. The third kappa shape index (κ3) is 4.86. The fraction of sp³-hybridized carbons (Fsp3) is 0.350. The number of hydrogen-bond donors (Lipinski definition) is 2. The molecule has 132 valence electrons. The van der Waals surface area contributed by atoms with Gasteiger partial charge >= 0.3 is 0 Å². The van der Waals surface area contributed by atoms with Crippen LogP contribution in [0.1, 0.15) is 31.9 Å². The summed E-state index contributed by atoms with van der Waals surface area (Å²) < 4.78 is 11.2. The predicted molar refractivity (Wildman–Crippen MR) is 105 cm³/mol. The normalized spacial score (nSPS) is 14.0. The van der Waals surface area contributed by atoms with Crippen LogP contribution in [0.4, 0.5) is 5.69 Å². The van der Waals surface area contributed by atoms with Gasteiger partial charge in [-0.05, 0) is 42.3 Å². The standard InChI is InChI=1S/C20H24N2O2S/c1-14(2)12-17(15-6-4-3-5-7-15)22-20(25)21-16-8-9-18-19(13-16)24-11-10-23-18/h3-9,13-14,17H,10-12H2,1-2H3,(H2,21,22,25)/t17-/m0/s1. The minimum atomic E-state index is 0.179. The molecule has 0 spiro atoms. The lowest BCUT2D eigenvalue weighted by molar-refractivity contribution is 0.171. The zero-order valence-corrected chi connectivity index (χ0v) is 15.4. The molecule has 4 nitrogen and oxygen atoms in total. The Bertz CT molecular complexity index is 719. The highest BCUT2D eigenvalue weighted by atomic mass is 32.1. The Morgan fingerprint density at radius 3 is 2.48 bits per heavy atom. The molecule has 0 aromatic heterocycles. The second-order valence-corrected chi connectivity index (χ2v) is 6.96. The Balaban J connectivity index is 1.67. The SMILES string of the molecule is CC(C)C[C@H](NC(=S)Nc1ccc2c(c1)OCCO2)c1ccccc1. The summed E-state index contributed by atoms with van der Waals surface area (Å²) in [6.45, 7) is 5.60. The molecule has 1 heterocycles. The zero-order chi connectivity index (χ0) is 17.6. The second kappa shape index (κ2) is 8.21. The molecule has 25 heavy (non-hydrogen) atoms. The van der Waals surface area contributed by atoms with E-state index >= 15 is 0 Å². The smallest absolute Gasteiger partial charge is 0.171 e. The lowest BCUT2D eigenvalue weighted by atomic mass is 9.97. The summed E-state index contributed by atoms with van der Waals surface area (Å²) in [6, 6.07) is 16.4. The minimum absolute atomic E-state index is 0.179. The maximum atomic E-state index is 5.62. The molecule has 1 atom stereocenters. The van der Waals surface area contributed by atoms with Gasteiger partial charge in [0.15, 0.2) is 16.6 Å². The van der Waals surface area contributed by atoms with Gasteiger partial charge in [0.05, 0.1) is 6.04 Å². The summed E-state index contributed by atoms with van der Waals surface area (Å²) in [5.41, 5.74) is 2.13. The number of anilines is 1. The first-order valence-electron chi connectivity index (χ1n) is 8.64. The average Bonchev–Trinajstić information content (AvgIpc) is 2.61. The molecule has 0 bridgehead atoms. The molecule has 0 unspecified atom stereocenters. The molecule has 1 aliphatic rings. The van der Waals surface area contributed by atoms with E-state index in [1.54, 1.807) is 0 Å². The Labute approximate surface area is 154 Å². The number of thiocarbonyl (C=S) groups is 1. The quantitative estimate of drug-likeness (QED) is 0.771. The number of fused-ring (bicyclic) bond motifs is 1. The Morgan fingerprint density at radius 2 is 1.76 bits per heavy atom. The number of hydrogen-bond acceptors (Lipinski definition) is 3. The van der Waals surface area contributed by atoms with E-state index in [9.17, 15) is 0 Å². The van der Waals surface area contributed by atoms with Crippen molar-refractivity contribution in [2.75, 3.05) is 18.5 Å². The van der Waals surface area contributed by atoms with Crippen LogP contribution in [0.5, 0.6) is 11.5 Å². The van der Waals surface area contributed by atoms with Crippen molar-refractivity contribution in [3.8, 4) is 11.5 Å². The van der Waals surface area contributed by atoms with Crippen molar-refractivity contribution in [2.24, 2.45) is 5.92 Å². The fourth-order valence-corrected chi connectivity index (χ4v) is 3.14. The van der Waals surface area contributed by atoms with Crippen LogP contribution >= 0.6 is 12.2 Å². The van der Waals surface area contributed by atoms with E-state index in [2.05, 4.69) is 48.7 Å². The number of rotatable bonds is 5.